The molecule has 0 aliphatic heterocycles. The molecular weight excluding hydrogens is 374 g/mol. The van der Waals surface area contributed by atoms with Crippen molar-refractivity contribution >= 4 is 50.1 Å². The average molecular weight is 390 g/mol. The Morgan fingerprint density at radius 2 is 2.04 bits per heavy atom. The molecular formula is C18H16ClN3O3S. The molecule has 0 aliphatic rings. The number of hydrogen-bond acceptors (Lipinski definition) is 5. The van der Waals surface area contributed by atoms with Crippen LogP contribution in [0.3, 0.4) is 0 Å². The number of amides is 2. The number of fused-ring (bicyclic) bond motifs is 1. The fraction of sp³-hybridized carbons (Fsp3) is 0.167. The lowest BCUT2D eigenvalue weighted by Gasteiger charge is -2.11. The van der Waals surface area contributed by atoms with Crippen LogP contribution in [-0.4, -0.2) is 42.4 Å². The summed E-state index contributed by atoms with van der Waals surface area (Å²) >= 11 is 7.32. The topological polar surface area (TPSA) is 71.5 Å². The fourth-order valence-corrected chi connectivity index (χ4v) is 3.26. The molecule has 0 aliphatic carbocycles. The summed E-state index contributed by atoms with van der Waals surface area (Å²) in [7, 11) is 3.31. The highest BCUT2D eigenvalue weighted by molar-refractivity contribution is 7.22. The van der Waals surface area contributed by atoms with Gasteiger partial charge in [-0.25, -0.2) is 4.98 Å². The zero-order valence-electron chi connectivity index (χ0n) is 14.2. The van der Waals surface area contributed by atoms with Crippen molar-refractivity contribution in [2.24, 2.45) is 0 Å². The highest BCUT2D eigenvalue weighted by Crippen LogP contribution is 2.28. The molecule has 3 rings (SSSR count). The molecule has 3 aromatic rings. The third-order valence-corrected chi connectivity index (χ3v) is 4.70. The molecule has 8 heteroatoms. The van der Waals surface area contributed by atoms with Crippen molar-refractivity contribution in [1.29, 1.82) is 0 Å². The first kappa shape index (κ1) is 18.2. The monoisotopic (exact) mass is 389 g/mol. The van der Waals surface area contributed by atoms with Crippen LogP contribution in [0.15, 0.2) is 42.5 Å². The van der Waals surface area contributed by atoms with Gasteiger partial charge >= 0.3 is 0 Å². The van der Waals surface area contributed by atoms with Gasteiger partial charge in [0, 0.05) is 24.7 Å². The van der Waals surface area contributed by atoms with Crippen LogP contribution in [0.4, 0.5) is 5.13 Å². The van der Waals surface area contributed by atoms with E-state index in [1.807, 2.05) is 0 Å². The zero-order valence-corrected chi connectivity index (χ0v) is 15.7. The smallest absolute Gasteiger partial charge is 0.259 e. The van der Waals surface area contributed by atoms with E-state index in [0.29, 0.717) is 21.5 Å². The summed E-state index contributed by atoms with van der Waals surface area (Å²) in [5.74, 6) is -0.0172. The van der Waals surface area contributed by atoms with E-state index in [0.717, 1.165) is 10.2 Å². The lowest BCUT2D eigenvalue weighted by Crippen LogP contribution is -2.27. The number of benzene rings is 2. The van der Waals surface area contributed by atoms with Crippen molar-refractivity contribution in [3.05, 3.63) is 53.1 Å². The summed E-state index contributed by atoms with van der Waals surface area (Å²) in [5.41, 5.74) is 1.19. The Morgan fingerprint density at radius 1 is 1.23 bits per heavy atom. The molecule has 2 aromatic carbocycles. The predicted molar refractivity (Wildman–Crippen MR) is 103 cm³/mol. The number of nitrogens with zero attached hydrogens (tertiary/aromatic N) is 2. The van der Waals surface area contributed by atoms with Gasteiger partial charge in [0.15, 0.2) is 11.7 Å². The number of nitrogens with one attached hydrogen (secondary N) is 1. The molecule has 0 fully saturated rings. The fourth-order valence-electron chi connectivity index (χ4n) is 2.12. The first-order valence-corrected chi connectivity index (χ1v) is 8.92. The van der Waals surface area contributed by atoms with Crippen LogP contribution in [0.2, 0.25) is 5.02 Å². The van der Waals surface area contributed by atoms with Crippen LogP contribution in [0.25, 0.3) is 10.2 Å². The van der Waals surface area contributed by atoms with Crippen LogP contribution >= 0.6 is 22.9 Å². The highest BCUT2D eigenvalue weighted by atomic mass is 35.5. The summed E-state index contributed by atoms with van der Waals surface area (Å²) in [5, 5.41) is 3.88. The number of aromatic nitrogens is 1. The summed E-state index contributed by atoms with van der Waals surface area (Å²) in [6.45, 7) is -0.0866. The summed E-state index contributed by atoms with van der Waals surface area (Å²) < 4.78 is 6.33. The molecule has 134 valence electrons. The molecule has 0 unspecified atom stereocenters. The highest BCUT2D eigenvalue weighted by Gasteiger charge is 2.12. The molecule has 0 saturated heterocycles. The Labute approximate surface area is 159 Å². The average Bonchev–Trinajstić information content (AvgIpc) is 3.01. The number of rotatable bonds is 5. The van der Waals surface area contributed by atoms with Crippen LogP contribution in [0.1, 0.15) is 10.4 Å². The second kappa shape index (κ2) is 7.72. The third kappa shape index (κ3) is 4.30. The van der Waals surface area contributed by atoms with Crippen molar-refractivity contribution < 1.29 is 14.3 Å². The second-order valence-electron chi connectivity index (χ2n) is 5.69. The van der Waals surface area contributed by atoms with Crippen LogP contribution in [0, 0.1) is 0 Å². The first-order chi connectivity index (χ1) is 12.4. The minimum absolute atomic E-state index is 0.0866. The van der Waals surface area contributed by atoms with E-state index >= 15 is 0 Å². The SMILES string of the molecule is CN(C)C(=O)COc1cccc(C(=O)Nc2nc3ccc(Cl)cc3s2)c1. The van der Waals surface area contributed by atoms with Gasteiger partial charge in [-0.15, -0.1) is 0 Å². The van der Waals surface area contributed by atoms with E-state index in [4.69, 9.17) is 16.3 Å². The summed E-state index contributed by atoms with van der Waals surface area (Å²) in [6, 6.07) is 12.0. The predicted octanol–water partition coefficient (Wildman–Crippen LogP) is 3.67. The van der Waals surface area contributed by atoms with Crippen molar-refractivity contribution in [1.82, 2.24) is 9.88 Å². The van der Waals surface area contributed by atoms with E-state index in [2.05, 4.69) is 10.3 Å². The standard InChI is InChI=1S/C18H16ClN3O3S/c1-22(2)16(23)10-25-13-5-3-4-11(8-13)17(24)21-18-20-14-7-6-12(19)9-15(14)26-18/h3-9H,10H2,1-2H3,(H,20,21,24). The van der Waals surface area contributed by atoms with Gasteiger partial charge in [0.05, 0.1) is 10.2 Å². The van der Waals surface area contributed by atoms with Crippen molar-refractivity contribution in [2.45, 2.75) is 0 Å². The molecule has 2 amide bonds. The molecule has 26 heavy (non-hydrogen) atoms. The van der Waals surface area contributed by atoms with Crippen LogP contribution < -0.4 is 10.1 Å². The minimum atomic E-state index is -0.306. The number of hydrogen-bond donors (Lipinski definition) is 1. The molecule has 0 bridgehead atoms. The number of carbonyl (C=O) groups is 2. The lowest BCUT2D eigenvalue weighted by atomic mass is 10.2. The van der Waals surface area contributed by atoms with Gasteiger partial charge in [-0.2, -0.15) is 0 Å². The summed E-state index contributed by atoms with van der Waals surface area (Å²) in [6.07, 6.45) is 0. The van der Waals surface area contributed by atoms with E-state index in [1.165, 1.54) is 16.2 Å². The van der Waals surface area contributed by atoms with E-state index in [9.17, 15) is 9.59 Å². The molecule has 1 aromatic heterocycles. The quantitative estimate of drug-likeness (QED) is 0.722. The molecule has 0 saturated carbocycles. The van der Waals surface area contributed by atoms with Crippen LogP contribution in [-0.2, 0) is 4.79 Å². The minimum Gasteiger partial charge on any atom is -0.484 e. The van der Waals surface area contributed by atoms with Crippen molar-refractivity contribution in [2.75, 3.05) is 26.0 Å². The van der Waals surface area contributed by atoms with Gasteiger partial charge in [0.1, 0.15) is 5.75 Å². The van der Waals surface area contributed by atoms with Crippen molar-refractivity contribution in [3.63, 3.8) is 0 Å². The Balaban J connectivity index is 1.70. The van der Waals surface area contributed by atoms with E-state index < -0.39 is 0 Å². The molecule has 0 radical (unpaired) electrons. The molecule has 6 nitrogen and oxygen atoms in total. The number of ether oxygens (including phenoxy) is 1. The number of carbonyl (C=O) groups excluding carboxylic acids is 2. The van der Waals surface area contributed by atoms with Gasteiger partial charge in [0.2, 0.25) is 0 Å². The zero-order chi connectivity index (χ0) is 18.7. The number of likely N-dealkylation sites (N-methyl/N-ethyl adjacent to an activating group) is 1. The van der Waals surface area contributed by atoms with Crippen LogP contribution in [0.5, 0.6) is 5.75 Å². The van der Waals surface area contributed by atoms with Crippen molar-refractivity contribution in [3.8, 4) is 5.75 Å². The van der Waals surface area contributed by atoms with E-state index in [1.54, 1.807) is 56.6 Å². The second-order valence-corrected chi connectivity index (χ2v) is 7.16. The molecule has 1 heterocycles. The molecule has 1 N–H and O–H groups in total. The Kier molecular flexibility index (Phi) is 5.39. The number of anilines is 1. The molecule has 0 spiro atoms. The number of thiazole rings is 1. The van der Waals surface area contributed by atoms with Gasteiger partial charge in [0.25, 0.3) is 11.8 Å². The van der Waals surface area contributed by atoms with E-state index in [-0.39, 0.29) is 18.4 Å². The maximum Gasteiger partial charge on any atom is 0.259 e. The Hall–Kier alpha value is -2.64. The lowest BCUT2D eigenvalue weighted by molar-refractivity contribution is -0.130. The van der Waals surface area contributed by atoms with Gasteiger partial charge in [-0.3, -0.25) is 14.9 Å². The first-order valence-electron chi connectivity index (χ1n) is 7.73. The summed E-state index contributed by atoms with van der Waals surface area (Å²) in [4.78, 5) is 29.9. The Morgan fingerprint density at radius 3 is 2.81 bits per heavy atom. The third-order valence-electron chi connectivity index (χ3n) is 3.53. The largest absolute Gasteiger partial charge is 0.484 e. The number of halogens is 1. The maximum atomic E-state index is 12.5. The van der Waals surface area contributed by atoms with Gasteiger partial charge in [-0.1, -0.05) is 29.0 Å². The van der Waals surface area contributed by atoms with Gasteiger partial charge in [-0.05, 0) is 36.4 Å². The maximum absolute atomic E-state index is 12.5. The van der Waals surface area contributed by atoms with Gasteiger partial charge < -0.3 is 9.64 Å². The Bertz CT molecular complexity index is 971. The molecule has 0 atom stereocenters. The normalized spacial score (nSPS) is 10.6.